The zero-order valence-electron chi connectivity index (χ0n) is 9.86. The molecule has 0 aliphatic heterocycles. The van der Waals surface area contributed by atoms with Crippen LogP contribution in [0.15, 0.2) is 30.3 Å². The molecule has 1 aliphatic rings. The fraction of sp³-hybridized carbons (Fsp3) is 0.462. The molecule has 0 spiro atoms. The summed E-state index contributed by atoms with van der Waals surface area (Å²) in [7, 11) is 1.91. The van der Waals surface area contributed by atoms with E-state index in [0.717, 1.165) is 24.8 Å². The minimum absolute atomic E-state index is 0.454. The molecule has 0 unspecified atom stereocenters. The highest BCUT2D eigenvalue weighted by molar-refractivity contribution is 5.56. The molecule has 0 heterocycles. The monoisotopic (exact) mass is 207 g/mol. The van der Waals surface area contributed by atoms with Crippen LogP contribution in [0.1, 0.15) is 26.7 Å². The number of aldehydes is 1. The second kappa shape index (κ2) is 9.25. The van der Waals surface area contributed by atoms with Crippen molar-refractivity contribution in [3.8, 4) is 0 Å². The Morgan fingerprint density at radius 3 is 1.93 bits per heavy atom. The lowest BCUT2D eigenvalue weighted by Crippen LogP contribution is -1.84. The second-order valence-corrected chi connectivity index (χ2v) is 3.09. The molecule has 1 aliphatic carbocycles. The van der Waals surface area contributed by atoms with E-state index in [-0.39, 0.29) is 0 Å². The highest BCUT2D eigenvalue weighted by Gasteiger charge is 2.18. The van der Waals surface area contributed by atoms with Crippen LogP contribution in [-0.2, 0) is 4.79 Å². The maximum atomic E-state index is 9.57. The third-order valence-electron chi connectivity index (χ3n) is 1.88. The number of anilines is 1. The first-order valence-corrected chi connectivity index (χ1v) is 5.55. The van der Waals surface area contributed by atoms with Crippen molar-refractivity contribution in [1.82, 2.24) is 0 Å². The van der Waals surface area contributed by atoms with E-state index in [1.807, 2.05) is 51.2 Å². The Balaban J connectivity index is 0.000000241. The van der Waals surface area contributed by atoms with Gasteiger partial charge < -0.3 is 10.1 Å². The lowest BCUT2D eigenvalue weighted by molar-refractivity contribution is -0.108. The summed E-state index contributed by atoms with van der Waals surface area (Å²) in [5, 5.41) is 3.03. The van der Waals surface area contributed by atoms with Gasteiger partial charge in [0.05, 0.1) is 0 Å². The number of nitrogens with one attached hydrogen (secondary N) is 1. The molecule has 2 nitrogen and oxygen atoms in total. The fourth-order valence-electron chi connectivity index (χ4n) is 0.837. The van der Waals surface area contributed by atoms with Crippen molar-refractivity contribution >= 4 is 12.0 Å². The predicted molar refractivity (Wildman–Crippen MR) is 66.1 cm³/mol. The third kappa shape index (κ3) is 7.74. The minimum atomic E-state index is 0.454. The van der Waals surface area contributed by atoms with Crippen LogP contribution >= 0.6 is 0 Å². The van der Waals surface area contributed by atoms with E-state index in [1.165, 1.54) is 0 Å². The maximum absolute atomic E-state index is 9.57. The summed E-state index contributed by atoms with van der Waals surface area (Å²) in [6, 6.07) is 10.1. The molecule has 0 amide bonds. The Kier molecular flexibility index (Phi) is 8.44. The van der Waals surface area contributed by atoms with Crippen LogP contribution in [-0.4, -0.2) is 13.3 Å². The number of hydrogen-bond donors (Lipinski definition) is 1. The van der Waals surface area contributed by atoms with Crippen molar-refractivity contribution in [3.63, 3.8) is 0 Å². The second-order valence-electron chi connectivity index (χ2n) is 3.09. The van der Waals surface area contributed by atoms with Crippen molar-refractivity contribution in [2.24, 2.45) is 5.92 Å². The molecule has 0 aromatic heterocycles. The van der Waals surface area contributed by atoms with E-state index in [0.29, 0.717) is 5.92 Å². The Hall–Kier alpha value is -1.31. The van der Waals surface area contributed by atoms with Gasteiger partial charge >= 0.3 is 0 Å². The van der Waals surface area contributed by atoms with E-state index < -0.39 is 0 Å². The molecule has 0 radical (unpaired) electrons. The average Bonchev–Trinajstić information content (AvgIpc) is 3.17. The highest BCUT2D eigenvalue weighted by atomic mass is 16.1. The molecule has 1 saturated carbocycles. The number of rotatable bonds is 2. The van der Waals surface area contributed by atoms with Crippen molar-refractivity contribution in [1.29, 1.82) is 0 Å². The van der Waals surface area contributed by atoms with Crippen LogP contribution in [0.25, 0.3) is 0 Å². The lowest BCUT2D eigenvalue weighted by Gasteiger charge is -1.94. The molecule has 1 N–H and O–H groups in total. The molecule has 15 heavy (non-hydrogen) atoms. The Bertz CT molecular complexity index is 242. The summed E-state index contributed by atoms with van der Waals surface area (Å²) in [6.45, 7) is 4.00. The summed E-state index contributed by atoms with van der Waals surface area (Å²) in [5.74, 6) is 0.454. The van der Waals surface area contributed by atoms with Gasteiger partial charge in [0.25, 0.3) is 0 Å². The molecule has 84 valence electrons. The van der Waals surface area contributed by atoms with Crippen molar-refractivity contribution in [2.75, 3.05) is 12.4 Å². The molecule has 2 rings (SSSR count). The van der Waals surface area contributed by atoms with Gasteiger partial charge in [0.15, 0.2) is 0 Å². The number of carbonyl (C=O) groups excluding carboxylic acids is 1. The zero-order chi connectivity index (χ0) is 11.5. The average molecular weight is 207 g/mol. The van der Waals surface area contributed by atoms with Crippen LogP contribution in [0.4, 0.5) is 5.69 Å². The SMILES string of the molecule is CC.CNc1ccccc1.O=CC1CC1. The Morgan fingerprint density at radius 1 is 1.20 bits per heavy atom. The number of para-hydroxylation sites is 1. The first-order chi connectivity index (χ1) is 7.36. The number of hydrogen-bond acceptors (Lipinski definition) is 2. The molecular weight excluding hydrogens is 186 g/mol. The molecule has 0 atom stereocenters. The summed E-state index contributed by atoms with van der Waals surface area (Å²) >= 11 is 0. The molecule has 2 heteroatoms. The van der Waals surface area contributed by atoms with Gasteiger partial charge in [-0.05, 0) is 25.0 Å². The minimum Gasteiger partial charge on any atom is -0.388 e. The van der Waals surface area contributed by atoms with Gasteiger partial charge in [-0.2, -0.15) is 0 Å². The largest absolute Gasteiger partial charge is 0.388 e. The predicted octanol–water partition coefficient (Wildman–Crippen LogP) is 3.35. The van der Waals surface area contributed by atoms with E-state index >= 15 is 0 Å². The van der Waals surface area contributed by atoms with Crippen LogP contribution in [0.3, 0.4) is 0 Å². The normalized spacial score (nSPS) is 12.5. The summed E-state index contributed by atoms with van der Waals surface area (Å²) < 4.78 is 0. The van der Waals surface area contributed by atoms with E-state index in [2.05, 4.69) is 5.32 Å². The van der Waals surface area contributed by atoms with Crippen molar-refractivity contribution < 1.29 is 4.79 Å². The standard InChI is InChI=1S/C7H9N.C4H6O.C2H6/c1-8-7-5-3-2-4-6-7;5-3-4-1-2-4;1-2/h2-6,8H,1H3;3-4H,1-2H2;1-2H3. The van der Waals surface area contributed by atoms with Gasteiger partial charge in [0.2, 0.25) is 0 Å². The van der Waals surface area contributed by atoms with Crippen molar-refractivity contribution in [3.05, 3.63) is 30.3 Å². The quantitative estimate of drug-likeness (QED) is 0.753. The summed E-state index contributed by atoms with van der Waals surface area (Å²) in [4.78, 5) is 9.57. The fourth-order valence-corrected chi connectivity index (χ4v) is 0.837. The molecule has 0 bridgehead atoms. The van der Waals surface area contributed by atoms with Gasteiger partial charge in [-0.1, -0.05) is 32.0 Å². The zero-order valence-corrected chi connectivity index (χ0v) is 9.86. The van der Waals surface area contributed by atoms with Crippen LogP contribution < -0.4 is 5.32 Å². The summed E-state index contributed by atoms with van der Waals surface area (Å²) in [6.07, 6.45) is 3.31. The molecule has 1 aromatic carbocycles. The van der Waals surface area contributed by atoms with Crippen LogP contribution in [0.2, 0.25) is 0 Å². The van der Waals surface area contributed by atoms with Crippen molar-refractivity contribution in [2.45, 2.75) is 26.7 Å². The Morgan fingerprint density at radius 2 is 1.73 bits per heavy atom. The van der Waals surface area contributed by atoms with Gasteiger partial charge in [0, 0.05) is 18.7 Å². The third-order valence-corrected chi connectivity index (χ3v) is 1.88. The van der Waals surface area contributed by atoms with Gasteiger partial charge in [-0.25, -0.2) is 0 Å². The topological polar surface area (TPSA) is 29.1 Å². The number of carbonyl (C=O) groups is 1. The first-order valence-electron chi connectivity index (χ1n) is 5.55. The summed E-state index contributed by atoms with van der Waals surface area (Å²) in [5.41, 5.74) is 1.16. The van der Waals surface area contributed by atoms with E-state index in [1.54, 1.807) is 0 Å². The maximum Gasteiger partial charge on any atom is 0.123 e. The van der Waals surface area contributed by atoms with E-state index in [4.69, 9.17) is 0 Å². The van der Waals surface area contributed by atoms with Crippen LogP contribution in [0.5, 0.6) is 0 Å². The molecular formula is C13H21NO. The number of benzene rings is 1. The highest BCUT2D eigenvalue weighted by Crippen LogP contribution is 2.25. The lowest BCUT2D eigenvalue weighted by atomic mass is 10.3. The first kappa shape index (κ1) is 13.7. The Labute approximate surface area is 92.7 Å². The van der Waals surface area contributed by atoms with Gasteiger partial charge in [0.1, 0.15) is 6.29 Å². The molecule has 1 aromatic rings. The van der Waals surface area contributed by atoms with E-state index in [9.17, 15) is 4.79 Å². The smallest absolute Gasteiger partial charge is 0.123 e. The van der Waals surface area contributed by atoms with Crippen LogP contribution in [0, 0.1) is 5.92 Å². The molecule has 0 saturated heterocycles. The molecule has 1 fully saturated rings. The van der Waals surface area contributed by atoms with Gasteiger partial charge in [-0.3, -0.25) is 0 Å². The van der Waals surface area contributed by atoms with Gasteiger partial charge in [-0.15, -0.1) is 0 Å².